The van der Waals surface area contributed by atoms with E-state index in [1.807, 2.05) is 21.7 Å². The summed E-state index contributed by atoms with van der Waals surface area (Å²) >= 11 is 1.55. The Balaban J connectivity index is 0.000000339. The monoisotopic (exact) mass is 460 g/mol. The highest BCUT2D eigenvalue weighted by Crippen LogP contribution is 2.41. The fourth-order valence-electron chi connectivity index (χ4n) is 3.74. The maximum Gasteiger partial charge on any atom is 0.490 e. The van der Waals surface area contributed by atoms with E-state index >= 15 is 0 Å². The van der Waals surface area contributed by atoms with Crippen LogP contribution < -0.4 is 4.90 Å². The van der Waals surface area contributed by atoms with Crippen molar-refractivity contribution in [1.82, 2.24) is 14.9 Å². The summed E-state index contributed by atoms with van der Waals surface area (Å²) in [5.74, 6) is -2.42. The van der Waals surface area contributed by atoms with Crippen LogP contribution in [0.1, 0.15) is 29.6 Å². The molecule has 168 valence electrons. The van der Waals surface area contributed by atoms with Gasteiger partial charge in [0, 0.05) is 31.6 Å². The van der Waals surface area contributed by atoms with Gasteiger partial charge in [-0.2, -0.15) is 24.5 Å². The number of carboxylic acids is 1. The van der Waals surface area contributed by atoms with Crippen LogP contribution in [0.25, 0.3) is 0 Å². The Hall–Kier alpha value is -2.76. The van der Waals surface area contributed by atoms with Crippen LogP contribution in [0.5, 0.6) is 0 Å². The molecule has 12 heteroatoms. The molecule has 0 unspecified atom stereocenters. The van der Waals surface area contributed by atoms with Gasteiger partial charge in [-0.15, -0.1) is 0 Å². The summed E-state index contributed by atoms with van der Waals surface area (Å²) in [4.78, 5) is 33.6. The van der Waals surface area contributed by atoms with Crippen LogP contribution in [0, 0.1) is 11.2 Å². The van der Waals surface area contributed by atoms with E-state index in [9.17, 15) is 22.4 Å². The van der Waals surface area contributed by atoms with E-state index in [2.05, 4.69) is 14.9 Å². The van der Waals surface area contributed by atoms with Gasteiger partial charge in [0.25, 0.3) is 5.91 Å². The first-order chi connectivity index (χ1) is 14.6. The largest absolute Gasteiger partial charge is 0.490 e. The molecule has 0 saturated carbocycles. The fraction of sp³-hybridized carbons (Fsp3) is 0.474. The third kappa shape index (κ3) is 5.69. The molecular weight excluding hydrogens is 440 g/mol. The molecule has 0 aliphatic carbocycles. The minimum atomic E-state index is -5.08. The number of rotatable bonds is 2. The standard InChI is InChI=1S/C17H19FN4OS.C2HF3O2/c18-14-9-19-16(20-10-14)22-7-4-17(12-22)2-5-21(6-3-17)15(23)13-1-8-24-11-13;3-2(4,5)1(6)7/h1,8-11H,2-7,12H2;(H,6,7). The van der Waals surface area contributed by atoms with Gasteiger partial charge in [0.05, 0.1) is 18.0 Å². The van der Waals surface area contributed by atoms with Crippen molar-refractivity contribution in [1.29, 1.82) is 0 Å². The molecule has 4 rings (SSSR count). The Morgan fingerprint density at radius 3 is 2.19 bits per heavy atom. The number of anilines is 1. The number of carbonyl (C=O) groups is 2. The van der Waals surface area contributed by atoms with Gasteiger partial charge in [-0.3, -0.25) is 4.79 Å². The molecule has 2 aliphatic rings. The van der Waals surface area contributed by atoms with Crippen LogP contribution in [-0.2, 0) is 4.79 Å². The molecule has 2 aromatic rings. The molecule has 0 radical (unpaired) electrons. The fourth-order valence-corrected chi connectivity index (χ4v) is 4.37. The Kier molecular flexibility index (Phi) is 6.77. The van der Waals surface area contributed by atoms with E-state index in [-0.39, 0.29) is 11.3 Å². The van der Waals surface area contributed by atoms with Crippen molar-refractivity contribution in [2.24, 2.45) is 5.41 Å². The lowest BCUT2D eigenvalue weighted by Gasteiger charge is -2.39. The molecule has 0 aromatic carbocycles. The smallest absolute Gasteiger partial charge is 0.475 e. The number of thiophene rings is 1. The average molecular weight is 460 g/mol. The van der Waals surface area contributed by atoms with E-state index < -0.39 is 18.0 Å². The van der Waals surface area contributed by atoms with Gasteiger partial charge in [0.2, 0.25) is 5.95 Å². The zero-order valence-corrected chi connectivity index (χ0v) is 17.1. The highest BCUT2D eigenvalue weighted by Gasteiger charge is 2.42. The molecule has 7 nitrogen and oxygen atoms in total. The van der Waals surface area contributed by atoms with Crippen LogP contribution in [0.3, 0.4) is 0 Å². The predicted octanol–water partition coefficient (Wildman–Crippen LogP) is 3.44. The summed E-state index contributed by atoms with van der Waals surface area (Å²) in [7, 11) is 0. The van der Waals surface area contributed by atoms with Crippen molar-refractivity contribution >= 4 is 29.2 Å². The molecule has 1 spiro atoms. The highest BCUT2D eigenvalue weighted by atomic mass is 32.1. The van der Waals surface area contributed by atoms with Gasteiger partial charge in [0.1, 0.15) is 0 Å². The Morgan fingerprint density at radius 1 is 1.10 bits per heavy atom. The van der Waals surface area contributed by atoms with Crippen molar-refractivity contribution in [2.75, 3.05) is 31.1 Å². The maximum absolute atomic E-state index is 13.0. The maximum atomic E-state index is 13.0. The van der Waals surface area contributed by atoms with Crippen molar-refractivity contribution in [3.63, 3.8) is 0 Å². The average Bonchev–Trinajstić information content (AvgIpc) is 3.39. The van der Waals surface area contributed by atoms with Gasteiger partial charge in [-0.25, -0.2) is 19.2 Å². The molecule has 2 fully saturated rings. The van der Waals surface area contributed by atoms with Crippen LogP contribution >= 0.6 is 11.3 Å². The Morgan fingerprint density at radius 2 is 1.68 bits per heavy atom. The molecule has 2 saturated heterocycles. The second-order valence-corrected chi connectivity index (χ2v) is 8.26. The summed E-state index contributed by atoms with van der Waals surface area (Å²) < 4.78 is 44.7. The zero-order chi connectivity index (χ0) is 22.6. The molecule has 31 heavy (non-hydrogen) atoms. The Labute approximate surface area is 179 Å². The number of aromatic nitrogens is 2. The first-order valence-corrected chi connectivity index (χ1v) is 10.4. The van der Waals surface area contributed by atoms with E-state index in [4.69, 9.17) is 9.90 Å². The number of piperidine rings is 1. The van der Waals surface area contributed by atoms with Crippen LogP contribution in [0.2, 0.25) is 0 Å². The van der Waals surface area contributed by atoms with Crippen molar-refractivity contribution < 1.29 is 32.3 Å². The van der Waals surface area contributed by atoms with E-state index in [1.54, 1.807) is 11.3 Å². The number of alkyl halides is 3. The van der Waals surface area contributed by atoms with Gasteiger partial charge >= 0.3 is 12.1 Å². The SMILES string of the molecule is O=C(O)C(F)(F)F.O=C(c1ccsc1)N1CCC2(CC1)CCN(c1ncc(F)cn1)C2. The van der Waals surface area contributed by atoms with Crippen molar-refractivity contribution in [3.8, 4) is 0 Å². The normalized spacial score (nSPS) is 17.9. The molecule has 4 heterocycles. The number of nitrogens with zero attached hydrogens (tertiary/aromatic N) is 4. The molecule has 0 bridgehead atoms. The van der Waals surface area contributed by atoms with Gasteiger partial charge in [-0.1, -0.05) is 0 Å². The number of hydrogen-bond acceptors (Lipinski definition) is 6. The van der Waals surface area contributed by atoms with Crippen LogP contribution in [0.15, 0.2) is 29.2 Å². The van der Waals surface area contributed by atoms with Gasteiger partial charge in [-0.05, 0) is 36.1 Å². The number of likely N-dealkylation sites (tertiary alicyclic amines) is 1. The van der Waals surface area contributed by atoms with E-state index in [0.29, 0.717) is 5.95 Å². The summed E-state index contributed by atoms with van der Waals surface area (Å²) in [6.07, 6.45) is 0.431. The van der Waals surface area contributed by atoms with Crippen molar-refractivity contribution in [2.45, 2.75) is 25.4 Å². The van der Waals surface area contributed by atoms with E-state index in [0.717, 1.165) is 51.0 Å². The first-order valence-electron chi connectivity index (χ1n) is 9.44. The van der Waals surface area contributed by atoms with E-state index in [1.165, 1.54) is 12.4 Å². The van der Waals surface area contributed by atoms with Gasteiger partial charge in [0.15, 0.2) is 5.82 Å². The number of amides is 1. The first kappa shape index (κ1) is 22.9. The lowest BCUT2D eigenvalue weighted by Crippen LogP contribution is -2.44. The number of hydrogen-bond donors (Lipinski definition) is 1. The van der Waals surface area contributed by atoms with Crippen molar-refractivity contribution in [3.05, 3.63) is 40.6 Å². The number of aliphatic carboxylic acids is 1. The molecular formula is C19H20F4N4O3S. The molecule has 2 aromatic heterocycles. The number of carboxylic acid groups (broad SMARTS) is 1. The minimum Gasteiger partial charge on any atom is -0.475 e. The third-order valence-corrected chi connectivity index (χ3v) is 6.13. The predicted molar refractivity (Wildman–Crippen MR) is 104 cm³/mol. The molecule has 1 amide bonds. The summed E-state index contributed by atoms with van der Waals surface area (Å²) in [5, 5.41) is 11.0. The molecule has 0 atom stereocenters. The van der Waals surface area contributed by atoms with Gasteiger partial charge < -0.3 is 14.9 Å². The highest BCUT2D eigenvalue weighted by molar-refractivity contribution is 7.08. The number of carbonyl (C=O) groups excluding carboxylic acids is 1. The Bertz CT molecular complexity index is 898. The molecule has 2 aliphatic heterocycles. The quantitative estimate of drug-likeness (QED) is 0.691. The summed E-state index contributed by atoms with van der Waals surface area (Å²) in [6.45, 7) is 3.38. The third-order valence-electron chi connectivity index (χ3n) is 5.45. The lowest BCUT2D eigenvalue weighted by atomic mass is 9.77. The number of halogens is 4. The zero-order valence-electron chi connectivity index (χ0n) is 16.3. The summed E-state index contributed by atoms with van der Waals surface area (Å²) in [6, 6.07) is 1.89. The summed E-state index contributed by atoms with van der Waals surface area (Å²) in [5.41, 5.74) is 1.02. The minimum absolute atomic E-state index is 0.142. The van der Waals surface area contributed by atoms with Crippen LogP contribution in [-0.4, -0.2) is 64.2 Å². The topological polar surface area (TPSA) is 86.6 Å². The van der Waals surface area contributed by atoms with Crippen LogP contribution in [0.4, 0.5) is 23.5 Å². The molecule has 1 N–H and O–H groups in total. The lowest BCUT2D eigenvalue weighted by molar-refractivity contribution is -0.192. The second kappa shape index (κ2) is 9.16. The second-order valence-electron chi connectivity index (χ2n) is 7.48.